The summed E-state index contributed by atoms with van der Waals surface area (Å²) in [7, 11) is 0. The summed E-state index contributed by atoms with van der Waals surface area (Å²) < 4.78 is 0. The molecule has 1 heterocycles. The van der Waals surface area contributed by atoms with E-state index in [2.05, 4.69) is 48.8 Å². The molecule has 1 atom stereocenters. The second kappa shape index (κ2) is 7.34. The molecule has 3 nitrogen and oxygen atoms in total. The zero-order valence-electron chi connectivity index (χ0n) is 13.4. The van der Waals surface area contributed by atoms with Crippen LogP contribution in [0.2, 0.25) is 0 Å². The molecular formula is C17H27N3S. The van der Waals surface area contributed by atoms with E-state index in [-0.39, 0.29) is 6.04 Å². The fourth-order valence-electron chi connectivity index (χ4n) is 3.29. The molecule has 0 aromatic heterocycles. The van der Waals surface area contributed by atoms with Crippen LogP contribution in [0.3, 0.4) is 0 Å². The summed E-state index contributed by atoms with van der Waals surface area (Å²) >= 11 is 5.18. The van der Waals surface area contributed by atoms with Crippen molar-refractivity contribution in [2.45, 2.75) is 39.8 Å². The molecule has 2 rings (SSSR count). The zero-order valence-corrected chi connectivity index (χ0v) is 14.2. The predicted molar refractivity (Wildman–Crippen MR) is 93.6 cm³/mol. The largest absolute Gasteiger partial charge is 0.392 e. The van der Waals surface area contributed by atoms with Gasteiger partial charge in [-0.05, 0) is 25.8 Å². The standard InChI is InChI=1S/C17H27N3S/c1-4-16(17(18)21)20-7-5-19(6-8-20)12-15-10-13(2)9-14(3)11-15/h9-11,16H,4-8,12H2,1-3H3,(H2,18,21). The van der Waals surface area contributed by atoms with Crippen molar-refractivity contribution in [3.8, 4) is 0 Å². The van der Waals surface area contributed by atoms with Gasteiger partial charge >= 0.3 is 0 Å². The molecule has 0 amide bonds. The monoisotopic (exact) mass is 305 g/mol. The van der Waals surface area contributed by atoms with Crippen molar-refractivity contribution < 1.29 is 0 Å². The van der Waals surface area contributed by atoms with E-state index >= 15 is 0 Å². The number of rotatable bonds is 5. The third kappa shape index (κ3) is 4.50. The molecular weight excluding hydrogens is 278 g/mol. The van der Waals surface area contributed by atoms with E-state index in [0.29, 0.717) is 4.99 Å². The summed E-state index contributed by atoms with van der Waals surface area (Å²) in [5.74, 6) is 0. The molecule has 1 aliphatic heterocycles. The molecule has 0 saturated carbocycles. The first kappa shape index (κ1) is 16.4. The highest BCUT2D eigenvalue weighted by Crippen LogP contribution is 2.15. The Bertz CT molecular complexity index is 473. The lowest BCUT2D eigenvalue weighted by Crippen LogP contribution is -2.53. The lowest BCUT2D eigenvalue weighted by molar-refractivity contribution is 0.112. The third-order valence-corrected chi connectivity index (χ3v) is 4.52. The van der Waals surface area contributed by atoms with Crippen molar-refractivity contribution in [2.24, 2.45) is 5.73 Å². The van der Waals surface area contributed by atoms with Crippen molar-refractivity contribution in [3.05, 3.63) is 34.9 Å². The highest BCUT2D eigenvalue weighted by atomic mass is 32.1. The van der Waals surface area contributed by atoms with Crippen LogP contribution in [0.25, 0.3) is 0 Å². The second-order valence-electron chi connectivity index (χ2n) is 6.13. The van der Waals surface area contributed by atoms with Crippen molar-refractivity contribution >= 4 is 17.2 Å². The zero-order chi connectivity index (χ0) is 15.4. The number of nitrogens with zero attached hydrogens (tertiary/aromatic N) is 2. The molecule has 1 saturated heterocycles. The van der Waals surface area contributed by atoms with Crippen molar-refractivity contribution in [2.75, 3.05) is 26.2 Å². The van der Waals surface area contributed by atoms with Crippen molar-refractivity contribution in [1.29, 1.82) is 0 Å². The number of piperazine rings is 1. The van der Waals surface area contributed by atoms with Crippen LogP contribution in [0.15, 0.2) is 18.2 Å². The van der Waals surface area contributed by atoms with E-state index in [1.165, 1.54) is 16.7 Å². The predicted octanol–water partition coefficient (Wildman–Crippen LogP) is 2.49. The number of aryl methyl sites for hydroxylation is 2. The van der Waals surface area contributed by atoms with E-state index < -0.39 is 0 Å². The van der Waals surface area contributed by atoms with Crippen LogP contribution >= 0.6 is 12.2 Å². The van der Waals surface area contributed by atoms with Gasteiger partial charge in [0.05, 0.1) is 11.0 Å². The van der Waals surface area contributed by atoms with Crippen LogP contribution in [0.4, 0.5) is 0 Å². The molecule has 21 heavy (non-hydrogen) atoms. The molecule has 1 aliphatic rings. The normalized spacial score (nSPS) is 18.6. The van der Waals surface area contributed by atoms with E-state index in [0.717, 1.165) is 39.1 Å². The van der Waals surface area contributed by atoms with Gasteiger partial charge in [0.2, 0.25) is 0 Å². The summed E-state index contributed by atoms with van der Waals surface area (Å²) in [5, 5.41) is 0. The Labute approximate surface area is 134 Å². The maximum absolute atomic E-state index is 5.85. The number of hydrogen-bond donors (Lipinski definition) is 1. The SMILES string of the molecule is CCC(C(N)=S)N1CCN(Cc2cc(C)cc(C)c2)CC1. The minimum Gasteiger partial charge on any atom is -0.392 e. The number of thiocarbonyl (C=S) groups is 1. The maximum atomic E-state index is 5.85. The Balaban J connectivity index is 1.90. The first-order valence-corrected chi connectivity index (χ1v) is 8.23. The molecule has 0 radical (unpaired) electrons. The van der Waals surface area contributed by atoms with Gasteiger partial charge in [-0.3, -0.25) is 9.80 Å². The number of benzene rings is 1. The van der Waals surface area contributed by atoms with Crippen LogP contribution < -0.4 is 5.73 Å². The van der Waals surface area contributed by atoms with Crippen LogP contribution in [-0.2, 0) is 6.54 Å². The van der Waals surface area contributed by atoms with Crippen LogP contribution in [-0.4, -0.2) is 47.0 Å². The highest BCUT2D eigenvalue weighted by molar-refractivity contribution is 7.80. The number of nitrogens with two attached hydrogens (primary N) is 1. The quantitative estimate of drug-likeness (QED) is 0.847. The van der Waals surface area contributed by atoms with Crippen LogP contribution in [0.1, 0.15) is 30.0 Å². The van der Waals surface area contributed by atoms with Gasteiger partial charge in [-0.15, -0.1) is 0 Å². The minimum atomic E-state index is 0.267. The van der Waals surface area contributed by atoms with Gasteiger partial charge in [0.15, 0.2) is 0 Å². The maximum Gasteiger partial charge on any atom is 0.0901 e. The molecule has 1 unspecified atom stereocenters. The highest BCUT2D eigenvalue weighted by Gasteiger charge is 2.24. The van der Waals surface area contributed by atoms with E-state index in [1.807, 2.05) is 0 Å². The molecule has 1 aromatic carbocycles. The van der Waals surface area contributed by atoms with Gasteiger partial charge in [-0.25, -0.2) is 0 Å². The molecule has 116 valence electrons. The Hall–Kier alpha value is -0.970. The summed E-state index contributed by atoms with van der Waals surface area (Å²) in [5.41, 5.74) is 9.96. The smallest absolute Gasteiger partial charge is 0.0901 e. The summed E-state index contributed by atoms with van der Waals surface area (Å²) in [6.07, 6.45) is 1.01. The Morgan fingerprint density at radius 3 is 2.19 bits per heavy atom. The minimum absolute atomic E-state index is 0.267. The van der Waals surface area contributed by atoms with E-state index in [9.17, 15) is 0 Å². The van der Waals surface area contributed by atoms with Crippen LogP contribution in [0.5, 0.6) is 0 Å². The Morgan fingerprint density at radius 1 is 1.14 bits per heavy atom. The van der Waals surface area contributed by atoms with Gasteiger partial charge in [0.25, 0.3) is 0 Å². The molecule has 4 heteroatoms. The molecule has 0 bridgehead atoms. The average molecular weight is 305 g/mol. The van der Waals surface area contributed by atoms with Gasteiger partial charge in [-0.1, -0.05) is 48.5 Å². The summed E-state index contributed by atoms with van der Waals surface area (Å²) in [4.78, 5) is 5.59. The Kier molecular flexibility index (Phi) is 5.73. The molecule has 1 aromatic rings. The second-order valence-corrected chi connectivity index (χ2v) is 6.61. The molecule has 0 spiro atoms. The topological polar surface area (TPSA) is 32.5 Å². The fraction of sp³-hybridized carbons (Fsp3) is 0.588. The van der Waals surface area contributed by atoms with Crippen LogP contribution in [0, 0.1) is 13.8 Å². The van der Waals surface area contributed by atoms with Crippen molar-refractivity contribution in [3.63, 3.8) is 0 Å². The summed E-state index contributed by atoms with van der Waals surface area (Å²) in [6, 6.07) is 7.09. The lowest BCUT2D eigenvalue weighted by Gasteiger charge is -2.38. The first-order chi connectivity index (χ1) is 9.99. The fourth-order valence-corrected chi connectivity index (χ4v) is 3.61. The average Bonchev–Trinajstić information content (AvgIpc) is 2.40. The molecule has 0 aliphatic carbocycles. The molecule has 1 fully saturated rings. The van der Waals surface area contributed by atoms with Gasteiger partial charge in [-0.2, -0.15) is 0 Å². The summed E-state index contributed by atoms with van der Waals surface area (Å²) in [6.45, 7) is 11.8. The Morgan fingerprint density at radius 2 is 1.71 bits per heavy atom. The van der Waals surface area contributed by atoms with Gasteiger partial charge < -0.3 is 5.73 Å². The van der Waals surface area contributed by atoms with Gasteiger partial charge in [0.1, 0.15) is 0 Å². The third-order valence-electron chi connectivity index (χ3n) is 4.25. The van der Waals surface area contributed by atoms with Gasteiger partial charge in [0, 0.05) is 32.7 Å². The van der Waals surface area contributed by atoms with E-state index in [1.54, 1.807) is 0 Å². The lowest BCUT2D eigenvalue weighted by atomic mass is 10.1. The number of hydrogen-bond acceptors (Lipinski definition) is 3. The van der Waals surface area contributed by atoms with Crippen molar-refractivity contribution in [1.82, 2.24) is 9.80 Å². The first-order valence-electron chi connectivity index (χ1n) is 7.82. The molecule has 2 N–H and O–H groups in total. The van der Waals surface area contributed by atoms with E-state index in [4.69, 9.17) is 18.0 Å².